The number of benzene rings is 8. The standard InChI is InChI=1S/C50H36/c1-2-15-36(16-3-1)49-45-28-26-39(44-23-11-19-35-14-7-9-21-42(35)44)32-48(45)50(40-25-24-33-12-4-5-17-37(33)30-40)46-29-27-38(31-47(46)49)43-22-10-18-34-13-6-8-20-41(34)43/h1-4,6,8-13,15-16,18-32H,5,7,14,17H2. The van der Waals surface area contributed by atoms with Crippen molar-refractivity contribution in [2.24, 2.45) is 0 Å². The lowest BCUT2D eigenvalue weighted by atomic mass is 9.82. The minimum absolute atomic E-state index is 1.08. The lowest BCUT2D eigenvalue weighted by Crippen LogP contribution is -1.98. The normalized spacial score (nSPS) is 13.5. The first-order valence-electron chi connectivity index (χ1n) is 18.0. The third kappa shape index (κ3) is 4.75. The summed E-state index contributed by atoms with van der Waals surface area (Å²) in [6.45, 7) is 0. The van der Waals surface area contributed by atoms with Gasteiger partial charge in [0, 0.05) is 0 Å². The monoisotopic (exact) mass is 636 g/mol. The number of hydrogen-bond acceptors (Lipinski definition) is 0. The summed E-state index contributed by atoms with van der Waals surface area (Å²) in [7, 11) is 0. The van der Waals surface area contributed by atoms with Crippen LogP contribution in [0.5, 0.6) is 0 Å². The first kappa shape index (κ1) is 29.0. The Morgan fingerprint density at radius 3 is 1.84 bits per heavy atom. The summed E-state index contributed by atoms with van der Waals surface area (Å²) in [5.74, 6) is 0. The molecule has 0 aliphatic heterocycles. The van der Waals surface area contributed by atoms with Crippen molar-refractivity contribution in [3.05, 3.63) is 180 Å². The van der Waals surface area contributed by atoms with Crippen molar-refractivity contribution in [2.75, 3.05) is 0 Å². The zero-order chi connectivity index (χ0) is 33.0. The van der Waals surface area contributed by atoms with E-state index in [1.165, 1.54) is 99.1 Å². The predicted molar refractivity (Wildman–Crippen MR) is 215 cm³/mol. The van der Waals surface area contributed by atoms with Crippen LogP contribution in [0.1, 0.15) is 35.1 Å². The second kappa shape index (κ2) is 11.9. The fraction of sp³-hybridized carbons (Fsp3) is 0.0800. The molecule has 0 radical (unpaired) electrons. The van der Waals surface area contributed by atoms with Gasteiger partial charge in [0.1, 0.15) is 0 Å². The highest BCUT2D eigenvalue weighted by Gasteiger charge is 2.20. The Bertz CT molecular complexity index is 2680. The fourth-order valence-electron chi connectivity index (χ4n) is 8.58. The molecule has 2 aliphatic carbocycles. The van der Waals surface area contributed by atoms with Crippen molar-refractivity contribution in [2.45, 2.75) is 25.7 Å². The highest BCUT2D eigenvalue weighted by molar-refractivity contribution is 6.23. The molecule has 2 aliphatic rings. The van der Waals surface area contributed by atoms with Crippen LogP contribution in [0.25, 0.3) is 89.0 Å². The van der Waals surface area contributed by atoms with Crippen LogP contribution in [0.3, 0.4) is 0 Å². The van der Waals surface area contributed by atoms with Crippen molar-refractivity contribution in [3.8, 4) is 44.5 Å². The molecule has 0 amide bonds. The summed E-state index contributed by atoms with van der Waals surface area (Å²) >= 11 is 0. The smallest absolute Gasteiger partial charge is 0.00260 e. The second-order valence-electron chi connectivity index (χ2n) is 13.8. The van der Waals surface area contributed by atoms with E-state index in [1.807, 2.05) is 0 Å². The van der Waals surface area contributed by atoms with Gasteiger partial charge in [0.05, 0.1) is 0 Å². The zero-order valence-electron chi connectivity index (χ0n) is 28.0. The van der Waals surface area contributed by atoms with Gasteiger partial charge < -0.3 is 0 Å². The van der Waals surface area contributed by atoms with Crippen molar-refractivity contribution >= 4 is 44.5 Å². The second-order valence-corrected chi connectivity index (χ2v) is 13.8. The van der Waals surface area contributed by atoms with E-state index < -0.39 is 0 Å². The van der Waals surface area contributed by atoms with Crippen molar-refractivity contribution in [3.63, 3.8) is 0 Å². The Labute approximate surface area is 293 Å². The van der Waals surface area contributed by atoms with Crippen LogP contribution >= 0.6 is 0 Å². The largest absolute Gasteiger partial charge is 0.0836 e. The van der Waals surface area contributed by atoms with Crippen LogP contribution < -0.4 is 0 Å². The van der Waals surface area contributed by atoms with Gasteiger partial charge in [-0.05, 0) is 137 Å². The van der Waals surface area contributed by atoms with Gasteiger partial charge in [-0.1, -0.05) is 158 Å². The average molecular weight is 637 g/mol. The molecule has 10 rings (SSSR count). The molecule has 0 saturated carbocycles. The molecule has 236 valence electrons. The molecule has 50 heavy (non-hydrogen) atoms. The molecule has 0 spiro atoms. The molecule has 0 fully saturated rings. The van der Waals surface area contributed by atoms with Gasteiger partial charge >= 0.3 is 0 Å². The highest BCUT2D eigenvalue weighted by atomic mass is 14.2. The van der Waals surface area contributed by atoms with Gasteiger partial charge in [0.15, 0.2) is 0 Å². The van der Waals surface area contributed by atoms with Crippen LogP contribution in [0.2, 0.25) is 0 Å². The number of rotatable bonds is 4. The molecule has 0 heterocycles. The maximum atomic E-state index is 2.48. The van der Waals surface area contributed by atoms with Gasteiger partial charge in [-0.15, -0.1) is 0 Å². The highest BCUT2D eigenvalue weighted by Crippen LogP contribution is 2.47. The van der Waals surface area contributed by atoms with E-state index in [2.05, 4.69) is 170 Å². The summed E-state index contributed by atoms with van der Waals surface area (Å²) in [5, 5.41) is 7.71. The summed E-state index contributed by atoms with van der Waals surface area (Å²) < 4.78 is 0. The van der Waals surface area contributed by atoms with E-state index in [0.717, 1.165) is 25.7 Å². The molecule has 0 aromatic heterocycles. The van der Waals surface area contributed by atoms with E-state index >= 15 is 0 Å². The molecule has 0 heteroatoms. The molecule has 0 saturated heterocycles. The molecule has 0 bridgehead atoms. The average Bonchev–Trinajstić information content (AvgIpc) is 3.19. The van der Waals surface area contributed by atoms with E-state index in [1.54, 1.807) is 0 Å². The summed E-state index contributed by atoms with van der Waals surface area (Å²) in [6.07, 6.45) is 13.6. The SMILES string of the molecule is C1=Cc2ccc(-c3c4ccc(-c5cccc6ccccc56)cc4c(-c4ccccc4)c4ccc(-c5cccc6c5C=CCC6)cc34)cc2CC1. The minimum atomic E-state index is 1.08. The molecule has 0 N–H and O–H groups in total. The number of fused-ring (bicyclic) bond motifs is 5. The Morgan fingerprint density at radius 2 is 1.00 bits per heavy atom. The van der Waals surface area contributed by atoms with E-state index in [0.29, 0.717) is 0 Å². The van der Waals surface area contributed by atoms with Crippen LogP contribution in [-0.2, 0) is 12.8 Å². The van der Waals surface area contributed by atoms with Crippen molar-refractivity contribution < 1.29 is 0 Å². The summed E-state index contributed by atoms with van der Waals surface area (Å²) in [4.78, 5) is 0. The van der Waals surface area contributed by atoms with Crippen molar-refractivity contribution in [1.29, 1.82) is 0 Å². The predicted octanol–water partition coefficient (Wildman–Crippen LogP) is 13.7. The number of hydrogen-bond donors (Lipinski definition) is 0. The Morgan fingerprint density at radius 1 is 0.360 bits per heavy atom. The maximum Gasteiger partial charge on any atom is -0.00260 e. The lowest BCUT2D eigenvalue weighted by molar-refractivity contribution is 0.986. The molecular formula is C50H36. The third-order valence-electron chi connectivity index (χ3n) is 11.0. The first-order valence-corrected chi connectivity index (χ1v) is 18.0. The quantitative estimate of drug-likeness (QED) is 0.169. The third-order valence-corrected chi connectivity index (χ3v) is 11.0. The Kier molecular flexibility index (Phi) is 6.88. The molecule has 0 nitrogen and oxygen atoms in total. The number of allylic oxidation sites excluding steroid dienone is 2. The first-order chi connectivity index (χ1) is 24.8. The molecule has 8 aromatic carbocycles. The van der Waals surface area contributed by atoms with Crippen LogP contribution in [0.15, 0.2) is 158 Å². The van der Waals surface area contributed by atoms with Crippen LogP contribution in [0.4, 0.5) is 0 Å². The zero-order valence-corrected chi connectivity index (χ0v) is 28.0. The van der Waals surface area contributed by atoms with Crippen LogP contribution in [-0.4, -0.2) is 0 Å². The van der Waals surface area contributed by atoms with Gasteiger partial charge in [-0.2, -0.15) is 0 Å². The fourth-order valence-corrected chi connectivity index (χ4v) is 8.58. The van der Waals surface area contributed by atoms with E-state index in [-0.39, 0.29) is 0 Å². The lowest BCUT2D eigenvalue weighted by Gasteiger charge is -2.21. The topological polar surface area (TPSA) is 0 Å². The summed E-state index contributed by atoms with van der Waals surface area (Å²) in [5.41, 5.74) is 15.8. The molecule has 0 unspecified atom stereocenters. The number of aryl methyl sites for hydroxylation is 2. The Balaban J connectivity index is 1.32. The van der Waals surface area contributed by atoms with Gasteiger partial charge in [-0.3, -0.25) is 0 Å². The summed E-state index contributed by atoms with van der Waals surface area (Å²) in [6, 6.07) is 54.8. The Hall–Kier alpha value is -5.98. The van der Waals surface area contributed by atoms with Crippen LogP contribution in [0, 0.1) is 0 Å². The van der Waals surface area contributed by atoms with Gasteiger partial charge in [0.25, 0.3) is 0 Å². The molecule has 0 atom stereocenters. The molecule has 8 aromatic rings. The van der Waals surface area contributed by atoms with Gasteiger partial charge in [-0.25, -0.2) is 0 Å². The maximum absolute atomic E-state index is 2.48. The van der Waals surface area contributed by atoms with E-state index in [4.69, 9.17) is 0 Å². The molecular weight excluding hydrogens is 601 g/mol. The van der Waals surface area contributed by atoms with Gasteiger partial charge in [0.2, 0.25) is 0 Å². The minimum Gasteiger partial charge on any atom is -0.0836 e. The van der Waals surface area contributed by atoms with E-state index in [9.17, 15) is 0 Å². The van der Waals surface area contributed by atoms with Crippen molar-refractivity contribution in [1.82, 2.24) is 0 Å².